The van der Waals surface area contributed by atoms with Crippen LogP contribution in [-0.2, 0) is 18.6 Å². The first-order valence-corrected chi connectivity index (χ1v) is 5.94. The predicted molar refractivity (Wildman–Crippen MR) is 52.1 cm³/mol. The van der Waals surface area contributed by atoms with Crippen LogP contribution >= 0.6 is 7.60 Å². The summed E-state index contributed by atoms with van der Waals surface area (Å²) in [6.07, 6.45) is -0.195. The van der Waals surface area contributed by atoms with Crippen LogP contribution in [0.25, 0.3) is 0 Å². The van der Waals surface area contributed by atoms with Gasteiger partial charge in [0.15, 0.2) is 0 Å². The molecule has 0 saturated carbocycles. The molecule has 0 heterocycles. The molecule has 0 aromatic rings. The first kappa shape index (κ1) is 13.4. The van der Waals surface area contributed by atoms with E-state index in [0.29, 0.717) is 0 Å². The van der Waals surface area contributed by atoms with Gasteiger partial charge in [-0.15, -0.1) is 0 Å². The molecule has 0 aliphatic carbocycles. The third-order valence-corrected chi connectivity index (χ3v) is 2.70. The Morgan fingerprint density at radius 1 is 1.57 bits per heavy atom. The lowest BCUT2D eigenvalue weighted by molar-refractivity contribution is -0.138. The van der Waals surface area contributed by atoms with Gasteiger partial charge in [0.25, 0.3) is 0 Å². The molecule has 0 aliphatic heterocycles. The number of ether oxygens (including phenoxy) is 1. The van der Waals surface area contributed by atoms with Crippen LogP contribution < -0.4 is 0 Å². The number of hydrogen-bond acceptors (Lipinski definition) is 4. The molecule has 0 radical (unpaired) electrons. The normalized spacial score (nSPS) is 14.5. The van der Waals surface area contributed by atoms with Gasteiger partial charge in [-0.2, -0.15) is 0 Å². The molecule has 1 unspecified atom stereocenters. The van der Waals surface area contributed by atoms with E-state index in [0.717, 1.165) is 0 Å². The number of hydrogen-bond donors (Lipinski definition) is 1. The molecule has 1 N–H and O–H groups in total. The summed E-state index contributed by atoms with van der Waals surface area (Å²) in [5, 5.41) is 0. The van der Waals surface area contributed by atoms with Crippen LogP contribution in [0.1, 0.15) is 13.8 Å². The van der Waals surface area contributed by atoms with Crippen molar-refractivity contribution in [1.82, 2.24) is 0 Å². The minimum absolute atomic E-state index is 0.139. The van der Waals surface area contributed by atoms with Crippen molar-refractivity contribution < 1.29 is 23.5 Å². The number of rotatable bonds is 6. The van der Waals surface area contributed by atoms with E-state index in [-0.39, 0.29) is 24.9 Å². The van der Waals surface area contributed by atoms with Gasteiger partial charge in [0.1, 0.15) is 6.61 Å². The summed E-state index contributed by atoms with van der Waals surface area (Å²) in [5.74, 6) is -0.568. The van der Waals surface area contributed by atoms with E-state index in [2.05, 4.69) is 15.8 Å². The van der Waals surface area contributed by atoms with Gasteiger partial charge in [-0.3, -0.25) is 4.57 Å². The third kappa shape index (κ3) is 5.91. The Morgan fingerprint density at radius 3 is 2.57 bits per heavy atom. The summed E-state index contributed by atoms with van der Waals surface area (Å²) in [4.78, 5) is 19.9. The molecule has 6 heteroatoms. The highest BCUT2D eigenvalue weighted by Crippen LogP contribution is 2.40. The van der Waals surface area contributed by atoms with Gasteiger partial charge in [0, 0.05) is 5.57 Å². The maximum absolute atomic E-state index is 11.1. The largest absolute Gasteiger partial charge is 0.462 e. The molecule has 0 fully saturated rings. The Morgan fingerprint density at radius 2 is 2.14 bits per heavy atom. The zero-order valence-electron chi connectivity index (χ0n) is 8.36. The zero-order valence-corrected chi connectivity index (χ0v) is 9.25. The van der Waals surface area contributed by atoms with Crippen molar-refractivity contribution in [3.05, 3.63) is 12.2 Å². The Kier molecular flexibility index (Phi) is 5.69. The minimum Gasteiger partial charge on any atom is -0.462 e. The van der Waals surface area contributed by atoms with Crippen LogP contribution in [-0.4, -0.2) is 30.2 Å². The Labute approximate surface area is 83.3 Å². The standard InChI is InChI=1S/C8H15O5P/c1-4-13-14(10,11)6-5-12-8(9)7(2)3/h2,4-6H2,1,3H3,(H,10,11). The van der Waals surface area contributed by atoms with Gasteiger partial charge in [-0.05, 0) is 13.8 Å². The van der Waals surface area contributed by atoms with E-state index in [1.165, 1.54) is 6.92 Å². The summed E-state index contributed by atoms with van der Waals surface area (Å²) in [6, 6.07) is 0. The fourth-order valence-electron chi connectivity index (χ4n) is 0.643. The summed E-state index contributed by atoms with van der Waals surface area (Å²) < 4.78 is 20.3. The van der Waals surface area contributed by atoms with Crippen molar-refractivity contribution in [2.75, 3.05) is 19.4 Å². The molecule has 0 amide bonds. The van der Waals surface area contributed by atoms with E-state index in [1.54, 1.807) is 6.92 Å². The molecule has 1 atom stereocenters. The van der Waals surface area contributed by atoms with E-state index in [4.69, 9.17) is 4.89 Å². The first-order chi connectivity index (χ1) is 6.39. The van der Waals surface area contributed by atoms with Gasteiger partial charge >= 0.3 is 13.6 Å². The molecule has 0 bridgehead atoms. The number of carbonyl (C=O) groups is 1. The molecule has 0 saturated heterocycles. The van der Waals surface area contributed by atoms with Crippen LogP contribution in [0.15, 0.2) is 12.2 Å². The molecular formula is C8H15O5P. The second-order valence-electron chi connectivity index (χ2n) is 2.70. The quantitative estimate of drug-likeness (QED) is 0.417. The lowest BCUT2D eigenvalue weighted by atomic mass is 10.4. The van der Waals surface area contributed by atoms with Gasteiger partial charge < -0.3 is 14.2 Å². The van der Waals surface area contributed by atoms with E-state index in [1.807, 2.05) is 0 Å². The maximum atomic E-state index is 11.1. The fraction of sp³-hybridized carbons (Fsp3) is 0.625. The highest BCUT2D eigenvalue weighted by atomic mass is 31.2. The Hall–Kier alpha value is -0.640. The summed E-state index contributed by atoms with van der Waals surface area (Å²) in [7, 11) is -3.59. The van der Waals surface area contributed by atoms with Crippen molar-refractivity contribution in [2.45, 2.75) is 13.8 Å². The van der Waals surface area contributed by atoms with Crippen LogP contribution in [0.4, 0.5) is 0 Å². The van der Waals surface area contributed by atoms with E-state index in [9.17, 15) is 9.36 Å². The van der Waals surface area contributed by atoms with Gasteiger partial charge in [-0.1, -0.05) is 6.58 Å². The highest BCUT2D eigenvalue weighted by Gasteiger charge is 2.18. The summed E-state index contributed by atoms with van der Waals surface area (Å²) in [5.41, 5.74) is 0.259. The predicted octanol–water partition coefficient (Wildman–Crippen LogP) is 1.33. The molecular weight excluding hydrogens is 207 g/mol. The lowest BCUT2D eigenvalue weighted by Gasteiger charge is -2.10. The minimum atomic E-state index is -3.59. The van der Waals surface area contributed by atoms with Crippen LogP contribution in [0.3, 0.4) is 0 Å². The Balaban J connectivity index is 3.79. The van der Waals surface area contributed by atoms with Crippen molar-refractivity contribution in [3.8, 4) is 0 Å². The second kappa shape index (κ2) is 5.96. The molecule has 0 aliphatic rings. The van der Waals surface area contributed by atoms with Gasteiger partial charge in [0.2, 0.25) is 0 Å². The average molecular weight is 222 g/mol. The third-order valence-electron chi connectivity index (χ3n) is 1.29. The number of esters is 1. The highest BCUT2D eigenvalue weighted by molar-refractivity contribution is 7.52. The average Bonchev–Trinajstić information content (AvgIpc) is 2.03. The summed E-state index contributed by atoms with van der Waals surface area (Å²) in [6.45, 7) is 6.50. The van der Waals surface area contributed by atoms with Crippen molar-refractivity contribution in [2.24, 2.45) is 0 Å². The first-order valence-electron chi connectivity index (χ1n) is 4.18. The molecule has 0 rings (SSSR count). The fourth-order valence-corrected chi connectivity index (χ4v) is 1.50. The van der Waals surface area contributed by atoms with Crippen molar-refractivity contribution in [1.29, 1.82) is 0 Å². The van der Waals surface area contributed by atoms with Crippen molar-refractivity contribution >= 4 is 13.6 Å². The van der Waals surface area contributed by atoms with E-state index < -0.39 is 13.6 Å². The van der Waals surface area contributed by atoms with Crippen molar-refractivity contribution in [3.63, 3.8) is 0 Å². The van der Waals surface area contributed by atoms with Gasteiger partial charge in [-0.25, -0.2) is 4.79 Å². The second-order valence-corrected chi connectivity index (χ2v) is 4.68. The van der Waals surface area contributed by atoms with Gasteiger partial charge in [0.05, 0.1) is 12.8 Å². The monoisotopic (exact) mass is 222 g/mol. The molecule has 0 aromatic carbocycles. The van der Waals surface area contributed by atoms with E-state index >= 15 is 0 Å². The Bertz CT molecular complexity index is 260. The lowest BCUT2D eigenvalue weighted by Crippen LogP contribution is -2.10. The smallest absolute Gasteiger partial charge is 0.333 e. The molecule has 0 spiro atoms. The topological polar surface area (TPSA) is 72.8 Å². The molecule has 0 aromatic heterocycles. The van der Waals surface area contributed by atoms with Crippen LogP contribution in [0.2, 0.25) is 0 Å². The van der Waals surface area contributed by atoms with Crippen LogP contribution in [0.5, 0.6) is 0 Å². The molecule has 14 heavy (non-hydrogen) atoms. The molecule has 5 nitrogen and oxygen atoms in total. The molecule has 82 valence electrons. The van der Waals surface area contributed by atoms with Crippen LogP contribution in [0, 0.1) is 0 Å². The number of carbonyl (C=O) groups excluding carboxylic acids is 1. The zero-order chi connectivity index (χ0) is 11.2. The SMILES string of the molecule is C=C(C)C(=O)OCCP(=O)(O)OCC. The maximum Gasteiger partial charge on any atom is 0.333 e. The summed E-state index contributed by atoms with van der Waals surface area (Å²) >= 11 is 0.